The van der Waals surface area contributed by atoms with Crippen LogP contribution in [0.25, 0.3) is 0 Å². The summed E-state index contributed by atoms with van der Waals surface area (Å²) in [5.74, 6) is -0.444. The molecule has 25 heavy (non-hydrogen) atoms. The number of rotatable bonds is 8. The van der Waals surface area contributed by atoms with E-state index in [0.717, 1.165) is 11.1 Å². The van der Waals surface area contributed by atoms with Crippen molar-refractivity contribution in [3.05, 3.63) is 83.9 Å². The highest BCUT2D eigenvalue weighted by molar-refractivity contribution is 5.94. The second-order valence-corrected chi connectivity index (χ2v) is 5.57. The summed E-state index contributed by atoms with van der Waals surface area (Å²) in [6.07, 6.45) is 1.66. The quantitative estimate of drug-likeness (QED) is 0.647. The molecule has 0 bridgehead atoms. The third-order valence-corrected chi connectivity index (χ3v) is 3.79. The Kier molecular flexibility index (Phi) is 6.92. The van der Waals surface area contributed by atoms with Crippen LogP contribution >= 0.6 is 0 Å². The van der Waals surface area contributed by atoms with Crippen molar-refractivity contribution in [3.63, 3.8) is 0 Å². The molecule has 5 heteroatoms. The van der Waals surface area contributed by atoms with Gasteiger partial charge in [-0.05, 0) is 35.8 Å². The Labute approximate surface area is 147 Å². The van der Waals surface area contributed by atoms with E-state index in [0.29, 0.717) is 18.5 Å². The molecule has 0 saturated heterocycles. The lowest BCUT2D eigenvalue weighted by Crippen LogP contribution is -2.29. The molecule has 3 N–H and O–H groups in total. The second kappa shape index (κ2) is 9.39. The molecule has 0 aliphatic heterocycles. The first-order valence-corrected chi connectivity index (χ1v) is 8.10. The summed E-state index contributed by atoms with van der Waals surface area (Å²) in [7, 11) is 0. The molecule has 0 saturated carbocycles. The highest BCUT2D eigenvalue weighted by Gasteiger charge is 2.15. The van der Waals surface area contributed by atoms with Crippen LogP contribution in [0.1, 0.15) is 33.9 Å². The van der Waals surface area contributed by atoms with Crippen molar-refractivity contribution in [2.45, 2.75) is 19.0 Å². The largest absolute Gasteiger partial charge is 0.396 e. The predicted molar refractivity (Wildman–Crippen MR) is 96.8 cm³/mol. The van der Waals surface area contributed by atoms with E-state index in [1.807, 2.05) is 30.3 Å². The number of hydrogen-bond acceptors (Lipinski definition) is 3. The lowest BCUT2D eigenvalue weighted by Gasteiger charge is -2.18. The van der Waals surface area contributed by atoms with Gasteiger partial charge in [0.25, 0.3) is 5.91 Å². The summed E-state index contributed by atoms with van der Waals surface area (Å²) in [4.78, 5) is 23.6. The highest BCUT2D eigenvalue weighted by atomic mass is 16.3. The Morgan fingerprint density at radius 2 is 1.76 bits per heavy atom. The normalized spacial score (nSPS) is 11.4. The van der Waals surface area contributed by atoms with Crippen LogP contribution in [0.2, 0.25) is 0 Å². The van der Waals surface area contributed by atoms with Gasteiger partial charge in [0, 0.05) is 18.7 Å². The fourth-order valence-electron chi connectivity index (χ4n) is 2.41. The van der Waals surface area contributed by atoms with Crippen molar-refractivity contribution in [1.82, 2.24) is 10.6 Å². The Hall–Kier alpha value is -2.92. The lowest BCUT2D eigenvalue weighted by atomic mass is 10.0. The molecular weight excluding hydrogens is 316 g/mol. The smallest absolute Gasteiger partial charge is 0.251 e. The molecule has 2 aromatic rings. The van der Waals surface area contributed by atoms with Crippen LogP contribution in [-0.2, 0) is 11.3 Å². The number of carbonyl (C=O) groups excluding carboxylic acids is 2. The Bertz CT molecular complexity index is 711. The van der Waals surface area contributed by atoms with Gasteiger partial charge in [-0.3, -0.25) is 9.59 Å². The van der Waals surface area contributed by atoms with Crippen molar-refractivity contribution in [2.24, 2.45) is 0 Å². The average molecular weight is 338 g/mol. The molecule has 0 spiro atoms. The third-order valence-electron chi connectivity index (χ3n) is 3.79. The molecule has 1 unspecified atom stereocenters. The van der Waals surface area contributed by atoms with E-state index < -0.39 is 0 Å². The maximum atomic E-state index is 12.5. The molecule has 2 rings (SSSR count). The standard InChI is InChI=1S/C20H22N2O3/c1-2-19(24)21-14-15-8-10-17(11-9-15)20(25)22-18(12-13-23)16-6-4-3-5-7-16/h2-11,18,23H,1,12-14H2,(H,21,24)(H,22,25). The van der Waals surface area contributed by atoms with Crippen LogP contribution in [0.3, 0.4) is 0 Å². The number of carbonyl (C=O) groups is 2. The predicted octanol–water partition coefficient (Wildman–Crippen LogP) is 2.34. The second-order valence-electron chi connectivity index (χ2n) is 5.57. The minimum Gasteiger partial charge on any atom is -0.396 e. The van der Waals surface area contributed by atoms with Crippen molar-refractivity contribution in [3.8, 4) is 0 Å². The number of aliphatic hydroxyl groups is 1. The van der Waals surface area contributed by atoms with Gasteiger partial charge in [-0.15, -0.1) is 0 Å². The average Bonchev–Trinajstić information content (AvgIpc) is 2.66. The van der Waals surface area contributed by atoms with Gasteiger partial charge in [0.15, 0.2) is 0 Å². The van der Waals surface area contributed by atoms with Crippen molar-refractivity contribution < 1.29 is 14.7 Å². The molecule has 0 fully saturated rings. The van der Waals surface area contributed by atoms with Gasteiger partial charge >= 0.3 is 0 Å². The number of hydrogen-bond donors (Lipinski definition) is 3. The van der Waals surface area contributed by atoms with Gasteiger partial charge in [-0.25, -0.2) is 0 Å². The Balaban J connectivity index is 2.01. The van der Waals surface area contributed by atoms with Gasteiger partial charge in [-0.2, -0.15) is 0 Å². The van der Waals surface area contributed by atoms with Gasteiger partial charge in [0.1, 0.15) is 0 Å². The molecule has 2 amide bonds. The molecule has 130 valence electrons. The van der Waals surface area contributed by atoms with Crippen molar-refractivity contribution in [2.75, 3.05) is 6.61 Å². The third kappa shape index (κ3) is 5.58. The van der Waals surface area contributed by atoms with Gasteiger partial charge in [-0.1, -0.05) is 49.0 Å². The zero-order chi connectivity index (χ0) is 18.1. The number of amides is 2. The SMILES string of the molecule is C=CC(=O)NCc1ccc(C(=O)NC(CCO)c2ccccc2)cc1. The van der Waals surface area contributed by atoms with Crippen molar-refractivity contribution >= 4 is 11.8 Å². The van der Waals surface area contributed by atoms with E-state index in [-0.39, 0.29) is 24.5 Å². The molecule has 0 radical (unpaired) electrons. The monoisotopic (exact) mass is 338 g/mol. The van der Waals surface area contributed by atoms with E-state index in [1.54, 1.807) is 24.3 Å². The first-order valence-electron chi connectivity index (χ1n) is 8.10. The van der Waals surface area contributed by atoms with E-state index in [9.17, 15) is 14.7 Å². The molecule has 0 heterocycles. The Morgan fingerprint density at radius 1 is 1.08 bits per heavy atom. The summed E-state index contributed by atoms with van der Waals surface area (Å²) in [5, 5.41) is 14.9. The molecule has 0 aromatic heterocycles. The van der Waals surface area contributed by atoms with Crippen LogP contribution in [0, 0.1) is 0 Å². The van der Waals surface area contributed by atoms with Crippen LogP contribution in [-0.4, -0.2) is 23.5 Å². The van der Waals surface area contributed by atoms with Crippen LogP contribution < -0.4 is 10.6 Å². The maximum absolute atomic E-state index is 12.5. The topological polar surface area (TPSA) is 78.4 Å². The van der Waals surface area contributed by atoms with E-state index in [1.165, 1.54) is 6.08 Å². The molecule has 2 aromatic carbocycles. The molecule has 0 aliphatic carbocycles. The zero-order valence-corrected chi connectivity index (χ0v) is 13.9. The first-order chi connectivity index (χ1) is 12.1. The number of benzene rings is 2. The molecule has 0 aliphatic rings. The van der Waals surface area contributed by atoms with Crippen LogP contribution in [0.5, 0.6) is 0 Å². The van der Waals surface area contributed by atoms with Crippen LogP contribution in [0.4, 0.5) is 0 Å². The maximum Gasteiger partial charge on any atom is 0.251 e. The fourth-order valence-corrected chi connectivity index (χ4v) is 2.41. The highest BCUT2D eigenvalue weighted by Crippen LogP contribution is 2.17. The fraction of sp³-hybridized carbons (Fsp3) is 0.200. The van der Waals surface area contributed by atoms with Crippen molar-refractivity contribution in [1.29, 1.82) is 0 Å². The van der Waals surface area contributed by atoms with Gasteiger partial charge in [0.05, 0.1) is 6.04 Å². The molecule has 1 atom stereocenters. The minimum atomic E-state index is -0.245. The Morgan fingerprint density at radius 3 is 2.36 bits per heavy atom. The summed E-state index contributed by atoms with van der Waals surface area (Å²) in [6.45, 7) is 3.76. The first kappa shape index (κ1) is 18.4. The van der Waals surface area contributed by atoms with Crippen LogP contribution in [0.15, 0.2) is 67.3 Å². The molecule has 5 nitrogen and oxygen atoms in total. The van der Waals surface area contributed by atoms with E-state index in [2.05, 4.69) is 17.2 Å². The van der Waals surface area contributed by atoms with Gasteiger partial charge < -0.3 is 15.7 Å². The zero-order valence-electron chi connectivity index (χ0n) is 13.9. The summed E-state index contributed by atoms with van der Waals surface area (Å²) in [6, 6.07) is 16.3. The van der Waals surface area contributed by atoms with E-state index >= 15 is 0 Å². The summed E-state index contributed by atoms with van der Waals surface area (Å²) in [5.41, 5.74) is 2.37. The minimum absolute atomic E-state index is 0.0121. The lowest BCUT2D eigenvalue weighted by molar-refractivity contribution is -0.116. The summed E-state index contributed by atoms with van der Waals surface area (Å²) >= 11 is 0. The summed E-state index contributed by atoms with van der Waals surface area (Å²) < 4.78 is 0. The van der Waals surface area contributed by atoms with E-state index in [4.69, 9.17) is 0 Å². The van der Waals surface area contributed by atoms with Gasteiger partial charge in [0.2, 0.25) is 5.91 Å². The number of nitrogens with one attached hydrogen (secondary N) is 2. The number of aliphatic hydroxyl groups excluding tert-OH is 1. The molecular formula is C20H22N2O3.